The van der Waals surface area contributed by atoms with Crippen LogP contribution in [0.15, 0.2) is 42.6 Å². The molecular formula is C15H15N3O. The Labute approximate surface area is 111 Å². The van der Waals surface area contributed by atoms with Crippen LogP contribution in [0.25, 0.3) is 0 Å². The molecule has 0 bridgehead atoms. The smallest absolute Gasteiger partial charge is 0.247 e. The zero-order valence-corrected chi connectivity index (χ0v) is 10.7. The van der Waals surface area contributed by atoms with Gasteiger partial charge >= 0.3 is 0 Å². The number of nitrogens with zero attached hydrogens (tertiary/aromatic N) is 1. The second-order valence-electron chi connectivity index (χ2n) is 4.73. The van der Waals surface area contributed by atoms with Crippen LogP contribution in [0.5, 0.6) is 0 Å². The van der Waals surface area contributed by atoms with Crippen LogP contribution in [-0.4, -0.2) is 16.9 Å². The summed E-state index contributed by atoms with van der Waals surface area (Å²) < 4.78 is 0. The fourth-order valence-corrected chi connectivity index (χ4v) is 2.31. The van der Waals surface area contributed by atoms with Crippen molar-refractivity contribution in [3.8, 4) is 0 Å². The Kier molecular flexibility index (Phi) is 2.91. The van der Waals surface area contributed by atoms with Crippen molar-refractivity contribution in [1.29, 1.82) is 0 Å². The van der Waals surface area contributed by atoms with Gasteiger partial charge in [0, 0.05) is 29.7 Å². The quantitative estimate of drug-likeness (QED) is 0.864. The maximum atomic E-state index is 12.2. The van der Waals surface area contributed by atoms with Gasteiger partial charge in [0.05, 0.1) is 0 Å². The van der Waals surface area contributed by atoms with Crippen LogP contribution in [0, 0.1) is 6.92 Å². The molecule has 0 radical (unpaired) electrons. The van der Waals surface area contributed by atoms with Crippen LogP contribution in [-0.2, 0) is 11.2 Å². The minimum Gasteiger partial charge on any atom is -0.373 e. The number of aryl methyl sites for hydroxylation is 1. The number of carbonyl (C=O) groups excluding carboxylic acids is 1. The Morgan fingerprint density at radius 3 is 3.00 bits per heavy atom. The van der Waals surface area contributed by atoms with Crippen LogP contribution >= 0.6 is 0 Å². The number of fused-ring (bicyclic) bond motifs is 1. The first-order chi connectivity index (χ1) is 9.22. The summed E-state index contributed by atoms with van der Waals surface area (Å²) in [4.78, 5) is 16.3. The van der Waals surface area contributed by atoms with Gasteiger partial charge in [-0.2, -0.15) is 0 Å². The normalized spacial score (nSPS) is 16.6. The number of carbonyl (C=O) groups is 1. The lowest BCUT2D eigenvalue weighted by molar-refractivity contribution is -0.116. The Hall–Kier alpha value is -2.36. The van der Waals surface area contributed by atoms with Crippen LogP contribution in [0.3, 0.4) is 0 Å². The van der Waals surface area contributed by atoms with Crippen molar-refractivity contribution in [1.82, 2.24) is 4.98 Å². The summed E-state index contributed by atoms with van der Waals surface area (Å²) in [5.74, 6) is -0.0122. The van der Waals surface area contributed by atoms with Gasteiger partial charge in [0.15, 0.2) is 0 Å². The number of para-hydroxylation sites is 1. The standard InChI is InChI=1S/C15H15N3O/c1-10-8-12(6-7-16-10)17-15(19)14-9-11-4-2-3-5-13(11)18-14/h2-8,14,18H,9H2,1H3,(H,16,17,19)/t14-/m0/s1. The summed E-state index contributed by atoms with van der Waals surface area (Å²) in [5.41, 5.74) is 3.91. The molecule has 1 aromatic heterocycles. The molecule has 1 atom stereocenters. The zero-order chi connectivity index (χ0) is 13.2. The number of rotatable bonds is 2. The highest BCUT2D eigenvalue weighted by Gasteiger charge is 2.26. The second kappa shape index (κ2) is 4.72. The highest BCUT2D eigenvalue weighted by Crippen LogP contribution is 2.25. The topological polar surface area (TPSA) is 54.0 Å². The molecule has 0 saturated heterocycles. The maximum Gasteiger partial charge on any atom is 0.247 e. The molecule has 0 spiro atoms. The molecule has 0 aliphatic carbocycles. The van der Waals surface area contributed by atoms with Gasteiger partial charge in [-0.05, 0) is 30.7 Å². The molecular weight excluding hydrogens is 238 g/mol. The van der Waals surface area contributed by atoms with Crippen molar-refractivity contribution in [2.75, 3.05) is 10.6 Å². The highest BCUT2D eigenvalue weighted by atomic mass is 16.2. The van der Waals surface area contributed by atoms with E-state index in [9.17, 15) is 4.79 Å². The van der Waals surface area contributed by atoms with Gasteiger partial charge in [-0.3, -0.25) is 9.78 Å². The molecule has 19 heavy (non-hydrogen) atoms. The Morgan fingerprint density at radius 2 is 2.21 bits per heavy atom. The van der Waals surface area contributed by atoms with Gasteiger partial charge in [0.1, 0.15) is 6.04 Å². The van der Waals surface area contributed by atoms with E-state index in [-0.39, 0.29) is 11.9 Å². The van der Waals surface area contributed by atoms with E-state index in [1.54, 1.807) is 12.3 Å². The number of hydrogen-bond donors (Lipinski definition) is 2. The molecule has 4 heteroatoms. The van der Waals surface area contributed by atoms with Crippen molar-refractivity contribution in [3.63, 3.8) is 0 Å². The Balaban J connectivity index is 1.70. The number of anilines is 2. The molecule has 0 unspecified atom stereocenters. The van der Waals surface area contributed by atoms with Crippen molar-refractivity contribution >= 4 is 17.3 Å². The lowest BCUT2D eigenvalue weighted by Crippen LogP contribution is -2.32. The SMILES string of the molecule is Cc1cc(NC(=O)[C@@H]2Cc3ccccc3N2)ccn1. The summed E-state index contributed by atoms with van der Waals surface area (Å²) >= 11 is 0. The number of pyridine rings is 1. The monoisotopic (exact) mass is 253 g/mol. The van der Waals surface area contributed by atoms with Crippen molar-refractivity contribution in [3.05, 3.63) is 53.9 Å². The van der Waals surface area contributed by atoms with E-state index in [1.165, 1.54) is 5.56 Å². The fraction of sp³-hybridized carbons (Fsp3) is 0.200. The van der Waals surface area contributed by atoms with Gasteiger partial charge in [0.2, 0.25) is 5.91 Å². The summed E-state index contributed by atoms with van der Waals surface area (Å²) in [5, 5.41) is 6.16. The number of benzene rings is 1. The van der Waals surface area contributed by atoms with E-state index in [1.807, 2.05) is 37.3 Å². The lowest BCUT2D eigenvalue weighted by Gasteiger charge is -2.12. The molecule has 96 valence electrons. The summed E-state index contributed by atoms with van der Waals surface area (Å²) in [6.07, 6.45) is 2.42. The third-order valence-electron chi connectivity index (χ3n) is 3.25. The highest BCUT2D eigenvalue weighted by molar-refractivity contribution is 5.98. The van der Waals surface area contributed by atoms with E-state index in [2.05, 4.69) is 15.6 Å². The number of hydrogen-bond acceptors (Lipinski definition) is 3. The molecule has 1 amide bonds. The first-order valence-electron chi connectivity index (χ1n) is 6.30. The molecule has 2 N–H and O–H groups in total. The van der Waals surface area contributed by atoms with Crippen LogP contribution in [0.2, 0.25) is 0 Å². The maximum absolute atomic E-state index is 12.2. The molecule has 2 aromatic rings. The van der Waals surface area contributed by atoms with E-state index in [0.29, 0.717) is 0 Å². The Bertz CT molecular complexity index is 599. The van der Waals surface area contributed by atoms with Gasteiger partial charge in [-0.25, -0.2) is 0 Å². The molecule has 0 fully saturated rings. The predicted molar refractivity (Wildman–Crippen MR) is 75.2 cm³/mol. The van der Waals surface area contributed by atoms with Crippen molar-refractivity contribution in [2.24, 2.45) is 0 Å². The van der Waals surface area contributed by atoms with Crippen LogP contribution in [0.4, 0.5) is 11.4 Å². The first-order valence-corrected chi connectivity index (χ1v) is 6.30. The largest absolute Gasteiger partial charge is 0.373 e. The van der Waals surface area contributed by atoms with E-state index in [0.717, 1.165) is 23.5 Å². The second-order valence-corrected chi connectivity index (χ2v) is 4.73. The fourth-order valence-electron chi connectivity index (χ4n) is 2.31. The lowest BCUT2D eigenvalue weighted by atomic mass is 10.1. The zero-order valence-electron chi connectivity index (χ0n) is 10.7. The molecule has 1 aliphatic heterocycles. The minimum atomic E-state index is -0.203. The summed E-state index contributed by atoms with van der Waals surface area (Å²) in [6, 6.07) is 11.5. The van der Waals surface area contributed by atoms with Crippen molar-refractivity contribution in [2.45, 2.75) is 19.4 Å². The van der Waals surface area contributed by atoms with Crippen LogP contribution in [0.1, 0.15) is 11.3 Å². The van der Waals surface area contributed by atoms with Gasteiger partial charge in [0.25, 0.3) is 0 Å². The third kappa shape index (κ3) is 2.42. The van der Waals surface area contributed by atoms with E-state index in [4.69, 9.17) is 0 Å². The average Bonchev–Trinajstić information content (AvgIpc) is 2.82. The van der Waals surface area contributed by atoms with Crippen molar-refractivity contribution < 1.29 is 4.79 Å². The minimum absolute atomic E-state index is 0.0122. The van der Waals surface area contributed by atoms with E-state index < -0.39 is 0 Å². The molecule has 0 saturated carbocycles. The molecule has 2 heterocycles. The van der Waals surface area contributed by atoms with Gasteiger partial charge in [-0.15, -0.1) is 0 Å². The molecule has 1 aliphatic rings. The molecule has 4 nitrogen and oxygen atoms in total. The number of aromatic nitrogens is 1. The number of amides is 1. The van der Waals surface area contributed by atoms with Gasteiger partial charge in [-0.1, -0.05) is 18.2 Å². The Morgan fingerprint density at radius 1 is 1.37 bits per heavy atom. The number of nitrogens with one attached hydrogen (secondary N) is 2. The summed E-state index contributed by atoms with van der Waals surface area (Å²) in [6.45, 7) is 1.90. The molecule has 1 aromatic carbocycles. The van der Waals surface area contributed by atoms with E-state index >= 15 is 0 Å². The predicted octanol–water partition coefficient (Wildman–Crippen LogP) is 2.37. The summed E-state index contributed by atoms with van der Waals surface area (Å²) in [7, 11) is 0. The van der Waals surface area contributed by atoms with Gasteiger partial charge < -0.3 is 10.6 Å². The van der Waals surface area contributed by atoms with Crippen LogP contribution < -0.4 is 10.6 Å². The molecule has 3 rings (SSSR count). The third-order valence-corrected chi connectivity index (χ3v) is 3.25. The average molecular weight is 253 g/mol. The first kappa shape index (κ1) is 11.7.